The average molecular weight is 252 g/mol. The third-order valence-corrected chi connectivity index (χ3v) is 2.24. The van der Waals surface area contributed by atoms with Gasteiger partial charge in [0.2, 0.25) is 11.8 Å². The summed E-state index contributed by atoms with van der Waals surface area (Å²) in [6.07, 6.45) is -0.00795. The van der Waals surface area contributed by atoms with Crippen LogP contribution in [0.15, 0.2) is 12.1 Å². The first kappa shape index (κ1) is 14.1. The number of carbonyl (C=O) groups excluding carboxylic acids is 1. The number of aromatic nitrogens is 1. The molecular weight excluding hydrogens is 232 g/mol. The zero-order valence-electron chi connectivity index (χ0n) is 11.2. The SMILES string of the molecule is CNC(=O)C(C)Nc1ccc(N)c(OC(C)C)n1. The van der Waals surface area contributed by atoms with Gasteiger partial charge in [-0.1, -0.05) is 0 Å². The Kier molecular flexibility index (Phi) is 4.76. The highest BCUT2D eigenvalue weighted by Gasteiger charge is 2.12. The molecule has 0 radical (unpaired) electrons. The van der Waals surface area contributed by atoms with Crippen molar-refractivity contribution >= 4 is 17.4 Å². The molecular formula is C12H20N4O2. The van der Waals surface area contributed by atoms with E-state index in [1.165, 1.54) is 0 Å². The second kappa shape index (κ2) is 6.09. The monoisotopic (exact) mass is 252 g/mol. The first-order valence-electron chi connectivity index (χ1n) is 5.85. The zero-order valence-corrected chi connectivity index (χ0v) is 11.2. The van der Waals surface area contributed by atoms with Gasteiger partial charge in [-0.15, -0.1) is 0 Å². The molecule has 0 bridgehead atoms. The highest BCUT2D eigenvalue weighted by molar-refractivity contribution is 5.83. The third-order valence-electron chi connectivity index (χ3n) is 2.24. The Bertz CT molecular complexity index is 421. The van der Waals surface area contributed by atoms with Crippen LogP contribution >= 0.6 is 0 Å². The van der Waals surface area contributed by atoms with Gasteiger partial charge in [0.15, 0.2) is 0 Å². The lowest BCUT2D eigenvalue weighted by atomic mass is 10.3. The van der Waals surface area contributed by atoms with Gasteiger partial charge in [-0.25, -0.2) is 0 Å². The number of nitrogens with one attached hydrogen (secondary N) is 2. The van der Waals surface area contributed by atoms with Crippen LogP contribution in [0.25, 0.3) is 0 Å². The van der Waals surface area contributed by atoms with E-state index < -0.39 is 0 Å². The Morgan fingerprint density at radius 1 is 1.39 bits per heavy atom. The molecule has 0 aliphatic rings. The van der Waals surface area contributed by atoms with Crippen molar-refractivity contribution in [2.24, 2.45) is 0 Å². The van der Waals surface area contributed by atoms with Crippen LogP contribution in [0.2, 0.25) is 0 Å². The van der Waals surface area contributed by atoms with Gasteiger partial charge in [-0.05, 0) is 32.9 Å². The third kappa shape index (κ3) is 3.80. The van der Waals surface area contributed by atoms with E-state index in [1.54, 1.807) is 26.1 Å². The second-order valence-corrected chi connectivity index (χ2v) is 4.24. The molecule has 18 heavy (non-hydrogen) atoms. The maximum absolute atomic E-state index is 11.4. The molecule has 6 nitrogen and oxygen atoms in total. The van der Waals surface area contributed by atoms with Crippen molar-refractivity contribution in [1.82, 2.24) is 10.3 Å². The number of ether oxygens (including phenoxy) is 1. The van der Waals surface area contributed by atoms with Crippen molar-refractivity contribution in [3.05, 3.63) is 12.1 Å². The summed E-state index contributed by atoms with van der Waals surface area (Å²) in [6.45, 7) is 5.54. The van der Waals surface area contributed by atoms with E-state index in [1.807, 2.05) is 13.8 Å². The van der Waals surface area contributed by atoms with Crippen LogP contribution in [0.5, 0.6) is 5.88 Å². The van der Waals surface area contributed by atoms with Gasteiger partial charge in [-0.2, -0.15) is 4.98 Å². The molecule has 1 aromatic rings. The van der Waals surface area contributed by atoms with E-state index in [9.17, 15) is 4.79 Å². The molecule has 0 fully saturated rings. The zero-order chi connectivity index (χ0) is 13.7. The van der Waals surface area contributed by atoms with Gasteiger partial charge in [0.25, 0.3) is 0 Å². The van der Waals surface area contributed by atoms with Crippen molar-refractivity contribution in [1.29, 1.82) is 0 Å². The predicted molar refractivity (Wildman–Crippen MR) is 71.6 cm³/mol. The first-order chi connectivity index (χ1) is 8.43. The van der Waals surface area contributed by atoms with Crippen LogP contribution in [-0.2, 0) is 4.79 Å². The fourth-order valence-corrected chi connectivity index (χ4v) is 1.35. The van der Waals surface area contributed by atoms with E-state index in [-0.39, 0.29) is 18.1 Å². The average Bonchev–Trinajstić information content (AvgIpc) is 2.31. The number of nitrogens with two attached hydrogens (primary N) is 1. The number of rotatable bonds is 5. The number of hydrogen-bond acceptors (Lipinski definition) is 5. The lowest BCUT2D eigenvalue weighted by Gasteiger charge is -2.15. The summed E-state index contributed by atoms with van der Waals surface area (Å²) in [4.78, 5) is 15.6. The topological polar surface area (TPSA) is 89.3 Å². The molecule has 0 spiro atoms. The van der Waals surface area contributed by atoms with E-state index in [0.717, 1.165) is 0 Å². The van der Waals surface area contributed by atoms with Crippen LogP contribution in [0.4, 0.5) is 11.5 Å². The van der Waals surface area contributed by atoms with Gasteiger partial charge in [-0.3, -0.25) is 4.79 Å². The van der Waals surface area contributed by atoms with Crippen molar-refractivity contribution in [3.8, 4) is 5.88 Å². The van der Waals surface area contributed by atoms with Gasteiger partial charge >= 0.3 is 0 Å². The Hall–Kier alpha value is -1.98. The minimum atomic E-state index is -0.377. The van der Waals surface area contributed by atoms with E-state index >= 15 is 0 Å². The molecule has 100 valence electrons. The quantitative estimate of drug-likeness (QED) is 0.727. The minimum absolute atomic E-state index is 0.00795. The summed E-state index contributed by atoms with van der Waals surface area (Å²) in [7, 11) is 1.59. The Balaban J connectivity index is 2.81. The molecule has 1 rings (SSSR count). The summed E-state index contributed by atoms with van der Waals surface area (Å²) in [6, 6.07) is 3.03. The molecule has 1 aromatic heterocycles. The number of anilines is 2. The normalized spacial score (nSPS) is 12.1. The fourth-order valence-electron chi connectivity index (χ4n) is 1.35. The van der Waals surface area contributed by atoms with Gasteiger partial charge < -0.3 is 21.1 Å². The number of hydrogen-bond donors (Lipinski definition) is 3. The number of nitrogens with zero attached hydrogens (tertiary/aromatic N) is 1. The van der Waals surface area contributed by atoms with Crippen molar-refractivity contribution in [3.63, 3.8) is 0 Å². The fraction of sp³-hybridized carbons (Fsp3) is 0.500. The Labute approximate surface area is 107 Å². The van der Waals surface area contributed by atoms with Crippen LogP contribution in [0.3, 0.4) is 0 Å². The summed E-state index contributed by atoms with van der Waals surface area (Å²) >= 11 is 0. The maximum atomic E-state index is 11.4. The number of amides is 1. The molecule has 0 aliphatic carbocycles. The number of likely N-dealkylation sites (N-methyl/N-ethyl adjacent to an activating group) is 1. The largest absolute Gasteiger partial charge is 0.473 e. The van der Waals surface area contributed by atoms with Crippen molar-refractivity contribution in [2.75, 3.05) is 18.1 Å². The first-order valence-corrected chi connectivity index (χ1v) is 5.85. The summed E-state index contributed by atoms with van der Waals surface area (Å²) in [5, 5.41) is 5.53. The van der Waals surface area contributed by atoms with Crippen LogP contribution in [0, 0.1) is 0 Å². The Morgan fingerprint density at radius 2 is 2.06 bits per heavy atom. The lowest BCUT2D eigenvalue weighted by molar-refractivity contribution is -0.121. The van der Waals surface area contributed by atoms with Gasteiger partial charge in [0.1, 0.15) is 11.9 Å². The number of pyridine rings is 1. The predicted octanol–water partition coefficient (Wildman–Crippen LogP) is 0.997. The molecule has 1 heterocycles. The molecule has 0 aromatic carbocycles. The van der Waals surface area contributed by atoms with Gasteiger partial charge in [0, 0.05) is 7.05 Å². The van der Waals surface area contributed by atoms with E-state index in [4.69, 9.17) is 10.5 Å². The molecule has 0 saturated carbocycles. The highest BCUT2D eigenvalue weighted by Crippen LogP contribution is 2.22. The lowest BCUT2D eigenvalue weighted by Crippen LogP contribution is -2.35. The molecule has 1 unspecified atom stereocenters. The molecule has 0 aliphatic heterocycles. The summed E-state index contributed by atoms with van der Waals surface area (Å²) < 4.78 is 5.48. The van der Waals surface area contributed by atoms with Crippen molar-refractivity contribution < 1.29 is 9.53 Å². The maximum Gasteiger partial charge on any atom is 0.241 e. The van der Waals surface area contributed by atoms with Crippen molar-refractivity contribution in [2.45, 2.75) is 32.9 Å². The molecule has 0 saturated heterocycles. The standard InChI is InChI=1S/C12H20N4O2/c1-7(2)18-12-9(13)5-6-10(16-12)15-8(3)11(17)14-4/h5-8H,13H2,1-4H3,(H,14,17)(H,15,16). The molecule has 1 amide bonds. The Morgan fingerprint density at radius 3 is 2.61 bits per heavy atom. The van der Waals surface area contributed by atoms with Crippen LogP contribution < -0.4 is 21.1 Å². The molecule has 1 atom stereocenters. The highest BCUT2D eigenvalue weighted by atomic mass is 16.5. The van der Waals surface area contributed by atoms with Crippen LogP contribution in [-0.4, -0.2) is 30.1 Å². The van der Waals surface area contributed by atoms with E-state index in [2.05, 4.69) is 15.6 Å². The molecule has 4 N–H and O–H groups in total. The van der Waals surface area contributed by atoms with E-state index in [0.29, 0.717) is 17.4 Å². The number of carbonyl (C=O) groups is 1. The molecule has 6 heteroatoms. The smallest absolute Gasteiger partial charge is 0.241 e. The second-order valence-electron chi connectivity index (χ2n) is 4.24. The summed E-state index contributed by atoms with van der Waals surface area (Å²) in [5.41, 5.74) is 6.23. The minimum Gasteiger partial charge on any atom is -0.473 e. The summed E-state index contributed by atoms with van der Waals surface area (Å²) in [5.74, 6) is 0.815. The van der Waals surface area contributed by atoms with Gasteiger partial charge in [0.05, 0.1) is 11.8 Å². The van der Waals surface area contributed by atoms with Crippen LogP contribution in [0.1, 0.15) is 20.8 Å². The number of nitrogen functional groups attached to an aromatic ring is 1.